The van der Waals surface area contributed by atoms with E-state index in [1.165, 1.54) is 0 Å². The first-order valence-electron chi connectivity index (χ1n) is 6.42. The van der Waals surface area contributed by atoms with Crippen molar-refractivity contribution in [3.8, 4) is 0 Å². The lowest BCUT2D eigenvalue weighted by atomic mass is 9.73. The van der Waals surface area contributed by atoms with Gasteiger partial charge in [0, 0.05) is 5.54 Å². The molecule has 1 fully saturated rings. The summed E-state index contributed by atoms with van der Waals surface area (Å²) in [7, 11) is 0. The van der Waals surface area contributed by atoms with Gasteiger partial charge in [-0.15, -0.1) is 0 Å². The van der Waals surface area contributed by atoms with Crippen LogP contribution < -0.4 is 5.32 Å². The van der Waals surface area contributed by atoms with E-state index in [9.17, 15) is 9.90 Å². The van der Waals surface area contributed by atoms with E-state index in [0.717, 1.165) is 32.1 Å². The molecule has 1 atom stereocenters. The summed E-state index contributed by atoms with van der Waals surface area (Å²) in [6.07, 6.45) is 3.99. The number of aliphatic hydroxyl groups is 1. The topological polar surface area (TPSA) is 58.6 Å². The fraction of sp³-hybridized carbons (Fsp3) is 0.923. The monoisotopic (exact) mass is 243 g/mol. The second-order valence-corrected chi connectivity index (χ2v) is 6.15. The molecule has 17 heavy (non-hydrogen) atoms. The Morgan fingerprint density at radius 1 is 1.47 bits per heavy atom. The van der Waals surface area contributed by atoms with Gasteiger partial charge >= 0.3 is 6.09 Å². The van der Waals surface area contributed by atoms with Gasteiger partial charge in [-0.3, -0.25) is 0 Å². The van der Waals surface area contributed by atoms with Crippen molar-refractivity contribution in [3.05, 3.63) is 0 Å². The number of rotatable bonds is 4. The van der Waals surface area contributed by atoms with Crippen LogP contribution in [0.15, 0.2) is 0 Å². The van der Waals surface area contributed by atoms with E-state index in [1.54, 1.807) is 6.92 Å². The molecule has 0 heterocycles. The smallest absolute Gasteiger partial charge is 0.408 e. The van der Waals surface area contributed by atoms with Gasteiger partial charge in [0.25, 0.3) is 0 Å². The Morgan fingerprint density at radius 3 is 2.41 bits per heavy atom. The minimum atomic E-state index is -0.459. The van der Waals surface area contributed by atoms with Crippen LogP contribution in [0.4, 0.5) is 4.79 Å². The third-order valence-corrected chi connectivity index (χ3v) is 3.12. The molecule has 0 aliphatic heterocycles. The Hall–Kier alpha value is -0.770. The Morgan fingerprint density at radius 2 is 2.06 bits per heavy atom. The van der Waals surface area contributed by atoms with Gasteiger partial charge in [0.2, 0.25) is 0 Å². The maximum Gasteiger partial charge on any atom is 0.408 e. The normalized spacial score (nSPS) is 20.3. The largest absolute Gasteiger partial charge is 0.444 e. The molecule has 4 nitrogen and oxygen atoms in total. The van der Waals surface area contributed by atoms with Crippen LogP contribution in [0.1, 0.15) is 59.8 Å². The van der Waals surface area contributed by atoms with E-state index >= 15 is 0 Å². The van der Waals surface area contributed by atoms with Gasteiger partial charge in [0.1, 0.15) is 5.60 Å². The number of aliphatic hydroxyl groups excluding tert-OH is 1. The molecule has 0 aromatic heterocycles. The summed E-state index contributed by atoms with van der Waals surface area (Å²) in [4.78, 5) is 11.7. The highest BCUT2D eigenvalue weighted by atomic mass is 16.6. The highest BCUT2D eigenvalue weighted by Crippen LogP contribution is 2.36. The average molecular weight is 243 g/mol. The number of ether oxygens (including phenoxy) is 1. The van der Waals surface area contributed by atoms with E-state index in [2.05, 4.69) is 5.32 Å². The third kappa shape index (κ3) is 4.94. The fourth-order valence-electron chi connectivity index (χ4n) is 2.05. The predicted octanol–water partition coefficient (Wildman–Crippen LogP) is 2.59. The molecular formula is C13H25NO3. The molecule has 4 heteroatoms. The maximum absolute atomic E-state index is 11.7. The molecular weight excluding hydrogens is 218 g/mol. The summed E-state index contributed by atoms with van der Waals surface area (Å²) in [6, 6.07) is 0. The lowest BCUT2D eigenvalue weighted by Crippen LogP contribution is -2.54. The Bertz CT molecular complexity index is 264. The van der Waals surface area contributed by atoms with Crippen LogP contribution in [0.5, 0.6) is 0 Å². The molecule has 0 aromatic rings. The first-order chi connectivity index (χ1) is 7.72. The second-order valence-electron chi connectivity index (χ2n) is 6.15. The van der Waals surface area contributed by atoms with E-state index in [1.807, 2.05) is 20.8 Å². The quantitative estimate of drug-likeness (QED) is 0.798. The van der Waals surface area contributed by atoms with Crippen LogP contribution in [-0.2, 0) is 4.74 Å². The standard InChI is InChI=1S/C13H25NO3/c1-10(15)6-9-13(7-5-8-13)14-11(16)17-12(2,3)4/h10,15H,5-9H2,1-4H3,(H,14,16)/t10-/m0/s1. The van der Waals surface area contributed by atoms with Crippen LogP contribution in [-0.4, -0.2) is 28.4 Å². The fourth-order valence-corrected chi connectivity index (χ4v) is 2.05. The number of hydrogen-bond acceptors (Lipinski definition) is 3. The highest BCUT2D eigenvalue weighted by Gasteiger charge is 2.39. The van der Waals surface area contributed by atoms with Crippen LogP contribution in [0.2, 0.25) is 0 Å². The Balaban J connectivity index is 2.43. The van der Waals surface area contributed by atoms with Gasteiger partial charge < -0.3 is 15.2 Å². The summed E-state index contributed by atoms with van der Waals surface area (Å²) in [5.74, 6) is 0. The van der Waals surface area contributed by atoms with Crippen molar-refractivity contribution in [1.29, 1.82) is 0 Å². The lowest BCUT2D eigenvalue weighted by Gasteiger charge is -2.43. The number of alkyl carbamates (subject to hydrolysis) is 1. The second kappa shape index (κ2) is 5.25. The molecule has 0 aromatic carbocycles. The molecule has 2 N–H and O–H groups in total. The van der Waals surface area contributed by atoms with Gasteiger partial charge in [-0.05, 0) is 59.8 Å². The van der Waals surface area contributed by atoms with Gasteiger partial charge in [-0.25, -0.2) is 4.79 Å². The van der Waals surface area contributed by atoms with Crippen molar-refractivity contribution in [2.75, 3.05) is 0 Å². The predicted molar refractivity (Wildman–Crippen MR) is 66.9 cm³/mol. The minimum Gasteiger partial charge on any atom is -0.444 e. The molecule has 0 spiro atoms. The van der Waals surface area contributed by atoms with E-state index in [4.69, 9.17) is 4.74 Å². The maximum atomic E-state index is 11.7. The SMILES string of the molecule is C[C@H](O)CCC1(NC(=O)OC(C)(C)C)CCC1. The van der Waals surface area contributed by atoms with E-state index in [-0.39, 0.29) is 17.7 Å². The van der Waals surface area contributed by atoms with Crippen molar-refractivity contribution in [3.63, 3.8) is 0 Å². The summed E-state index contributed by atoms with van der Waals surface area (Å²) in [6.45, 7) is 7.35. The summed E-state index contributed by atoms with van der Waals surface area (Å²) >= 11 is 0. The summed E-state index contributed by atoms with van der Waals surface area (Å²) in [5.41, 5.74) is -0.599. The molecule has 0 saturated heterocycles. The van der Waals surface area contributed by atoms with Gasteiger partial charge in [-0.2, -0.15) is 0 Å². The van der Waals surface area contributed by atoms with Gasteiger partial charge in [0.05, 0.1) is 6.10 Å². The zero-order chi connectivity index (χ0) is 13.1. The number of carbonyl (C=O) groups excluding carboxylic acids is 1. The highest BCUT2D eigenvalue weighted by molar-refractivity contribution is 5.69. The van der Waals surface area contributed by atoms with Crippen LogP contribution >= 0.6 is 0 Å². The first kappa shape index (κ1) is 14.3. The molecule has 100 valence electrons. The zero-order valence-corrected chi connectivity index (χ0v) is 11.4. The van der Waals surface area contributed by atoms with Crippen molar-refractivity contribution in [2.24, 2.45) is 0 Å². The summed E-state index contributed by atoms with van der Waals surface area (Å²) in [5, 5.41) is 12.3. The summed E-state index contributed by atoms with van der Waals surface area (Å²) < 4.78 is 5.26. The Labute approximate surface area is 104 Å². The van der Waals surface area contributed by atoms with E-state index in [0.29, 0.717) is 0 Å². The van der Waals surface area contributed by atoms with Crippen molar-refractivity contribution in [2.45, 2.75) is 77.0 Å². The van der Waals surface area contributed by atoms with E-state index < -0.39 is 5.60 Å². The molecule has 1 saturated carbocycles. The molecule has 1 amide bonds. The zero-order valence-electron chi connectivity index (χ0n) is 11.4. The molecule has 1 aliphatic rings. The molecule has 1 rings (SSSR count). The number of hydrogen-bond donors (Lipinski definition) is 2. The number of amides is 1. The van der Waals surface area contributed by atoms with Crippen LogP contribution in [0.25, 0.3) is 0 Å². The molecule has 1 aliphatic carbocycles. The van der Waals surface area contributed by atoms with Gasteiger partial charge in [0.15, 0.2) is 0 Å². The third-order valence-electron chi connectivity index (χ3n) is 3.12. The average Bonchev–Trinajstić information content (AvgIpc) is 2.05. The van der Waals surface area contributed by atoms with Crippen LogP contribution in [0.3, 0.4) is 0 Å². The minimum absolute atomic E-state index is 0.140. The lowest BCUT2D eigenvalue weighted by molar-refractivity contribution is 0.0344. The Kier molecular flexibility index (Phi) is 4.42. The van der Waals surface area contributed by atoms with Crippen molar-refractivity contribution >= 4 is 6.09 Å². The van der Waals surface area contributed by atoms with Gasteiger partial charge in [-0.1, -0.05) is 0 Å². The molecule has 0 bridgehead atoms. The number of carbonyl (C=O) groups is 1. The van der Waals surface area contributed by atoms with Crippen molar-refractivity contribution < 1.29 is 14.6 Å². The molecule has 0 radical (unpaired) electrons. The van der Waals surface area contributed by atoms with Crippen molar-refractivity contribution in [1.82, 2.24) is 5.32 Å². The van der Waals surface area contributed by atoms with Crippen LogP contribution in [0, 0.1) is 0 Å². The number of nitrogens with one attached hydrogen (secondary N) is 1. The first-order valence-corrected chi connectivity index (χ1v) is 6.42. The molecule has 0 unspecified atom stereocenters.